The molecule has 0 spiro atoms. The van der Waals surface area contributed by atoms with Crippen molar-refractivity contribution in [1.29, 1.82) is 0 Å². The first kappa shape index (κ1) is 13.0. The maximum Gasteiger partial charge on any atom is 0.299 e. The van der Waals surface area contributed by atoms with Crippen LogP contribution in [0.4, 0.5) is 5.69 Å². The van der Waals surface area contributed by atoms with Gasteiger partial charge in [0.15, 0.2) is 4.34 Å². The predicted molar refractivity (Wildman–Crippen MR) is 71.5 cm³/mol. The molecular formula is C10H7ClN2O3S2. The van der Waals surface area contributed by atoms with Gasteiger partial charge in [-0.15, -0.1) is 22.7 Å². The van der Waals surface area contributed by atoms with Gasteiger partial charge in [0, 0.05) is 10.9 Å². The Kier molecular flexibility index (Phi) is 3.95. The molecule has 0 aliphatic carbocycles. The molecule has 0 saturated carbocycles. The zero-order valence-electron chi connectivity index (χ0n) is 8.88. The molecule has 0 radical (unpaired) electrons. The van der Waals surface area contributed by atoms with Crippen molar-refractivity contribution in [3.05, 3.63) is 47.8 Å². The molecule has 0 aliphatic heterocycles. The summed E-state index contributed by atoms with van der Waals surface area (Å²) in [7, 11) is 0. The van der Waals surface area contributed by atoms with Gasteiger partial charge in [0.05, 0.1) is 11.5 Å². The van der Waals surface area contributed by atoms with Gasteiger partial charge in [-0.1, -0.05) is 17.7 Å². The van der Waals surface area contributed by atoms with Gasteiger partial charge in [-0.3, -0.25) is 14.9 Å². The third-order valence-electron chi connectivity index (χ3n) is 2.09. The van der Waals surface area contributed by atoms with Crippen LogP contribution in [0.5, 0.6) is 0 Å². The van der Waals surface area contributed by atoms with Crippen LogP contribution in [0.1, 0.15) is 14.5 Å². The molecule has 0 bridgehead atoms. The van der Waals surface area contributed by atoms with Crippen molar-refractivity contribution in [2.75, 3.05) is 0 Å². The minimum Gasteiger partial charge on any atom is -0.346 e. The SMILES string of the molecule is O=C(NCc1cccs1)c1cc([N+](=O)[O-])c(Cl)s1. The Morgan fingerprint density at radius 1 is 1.56 bits per heavy atom. The first-order valence-electron chi connectivity index (χ1n) is 4.82. The van der Waals surface area contributed by atoms with E-state index in [9.17, 15) is 14.9 Å². The first-order valence-corrected chi connectivity index (χ1v) is 6.89. The highest BCUT2D eigenvalue weighted by molar-refractivity contribution is 7.18. The van der Waals surface area contributed by atoms with Gasteiger partial charge in [0.1, 0.15) is 4.88 Å². The monoisotopic (exact) mass is 302 g/mol. The number of amides is 1. The number of carbonyl (C=O) groups is 1. The summed E-state index contributed by atoms with van der Waals surface area (Å²) in [5, 5.41) is 15.2. The van der Waals surface area contributed by atoms with E-state index in [1.165, 1.54) is 17.4 Å². The van der Waals surface area contributed by atoms with Gasteiger partial charge in [-0.2, -0.15) is 0 Å². The number of nitrogens with zero attached hydrogens (tertiary/aromatic N) is 1. The van der Waals surface area contributed by atoms with E-state index in [1.54, 1.807) is 0 Å². The smallest absolute Gasteiger partial charge is 0.299 e. The molecule has 2 aromatic rings. The van der Waals surface area contributed by atoms with Crippen LogP contribution in [-0.2, 0) is 6.54 Å². The lowest BCUT2D eigenvalue weighted by molar-refractivity contribution is -0.384. The Morgan fingerprint density at radius 2 is 2.33 bits per heavy atom. The second kappa shape index (κ2) is 5.47. The average molecular weight is 303 g/mol. The second-order valence-electron chi connectivity index (χ2n) is 3.29. The number of rotatable bonds is 4. The number of carbonyl (C=O) groups excluding carboxylic acids is 1. The molecule has 18 heavy (non-hydrogen) atoms. The minimum atomic E-state index is -0.602. The summed E-state index contributed by atoms with van der Waals surface area (Å²) in [4.78, 5) is 23.0. The topological polar surface area (TPSA) is 72.2 Å². The molecule has 2 heterocycles. The number of thiophene rings is 2. The molecule has 0 fully saturated rings. The average Bonchev–Trinajstić information content (AvgIpc) is 2.94. The van der Waals surface area contributed by atoms with E-state index in [0.29, 0.717) is 6.54 Å². The van der Waals surface area contributed by atoms with Crippen LogP contribution >= 0.6 is 34.3 Å². The van der Waals surface area contributed by atoms with Crippen molar-refractivity contribution in [3.63, 3.8) is 0 Å². The van der Waals surface area contributed by atoms with Gasteiger partial charge in [0.2, 0.25) is 0 Å². The van der Waals surface area contributed by atoms with E-state index in [4.69, 9.17) is 11.6 Å². The molecule has 0 atom stereocenters. The Hall–Kier alpha value is -1.44. The Bertz CT molecular complexity index is 580. The second-order valence-corrected chi connectivity index (χ2v) is 5.98. The molecule has 94 valence electrons. The fourth-order valence-corrected chi connectivity index (χ4v) is 3.05. The summed E-state index contributed by atoms with van der Waals surface area (Å²) in [6.07, 6.45) is 0. The quantitative estimate of drug-likeness (QED) is 0.695. The minimum absolute atomic E-state index is 0.0151. The van der Waals surface area contributed by atoms with Crippen molar-refractivity contribution in [2.45, 2.75) is 6.54 Å². The van der Waals surface area contributed by atoms with Gasteiger partial charge < -0.3 is 5.32 Å². The van der Waals surface area contributed by atoms with Crippen molar-refractivity contribution in [1.82, 2.24) is 5.32 Å². The van der Waals surface area contributed by atoms with Crippen molar-refractivity contribution < 1.29 is 9.72 Å². The van der Waals surface area contributed by atoms with Crippen LogP contribution < -0.4 is 5.32 Å². The normalized spacial score (nSPS) is 10.3. The fraction of sp³-hybridized carbons (Fsp3) is 0.100. The Balaban J connectivity index is 2.05. The van der Waals surface area contributed by atoms with Crippen LogP contribution in [0, 0.1) is 10.1 Å². The van der Waals surface area contributed by atoms with Gasteiger partial charge in [-0.25, -0.2) is 0 Å². The summed E-state index contributed by atoms with van der Waals surface area (Å²) < 4.78 is 0.0151. The molecule has 5 nitrogen and oxygen atoms in total. The summed E-state index contributed by atoms with van der Waals surface area (Å²) in [5.74, 6) is -0.358. The molecule has 8 heteroatoms. The maximum absolute atomic E-state index is 11.8. The third kappa shape index (κ3) is 2.87. The molecule has 0 aliphatic rings. The zero-order valence-corrected chi connectivity index (χ0v) is 11.3. The number of halogens is 1. The van der Waals surface area contributed by atoms with Crippen molar-refractivity contribution in [2.24, 2.45) is 0 Å². The number of hydrogen-bond acceptors (Lipinski definition) is 5. The molecule has 0 aromatic carbocycles. The summed E-state index contributed by atoms with van der Waals surface area (Å²) >= 11 is 8.11. The number of hydrogen-bond donors (Lipinski definition) is 1. The maximum atomic E-state index is 11.8. The molecule has 0 saturated heterocycles. The van der Waals surface area contributed by atoms with Gasteiger partial charge >= 0.3 is 0 Å². The molecule has 0 unspecified atom stereocenters. The molecular weight excluding hydrogens is 296 g/mol. The third-order valence-corrected chi connectivity index (χ3v) is 4.31. The van der Waals surface area contributed by atoms with Crippen LogP contribution in [0.15, 0.2) is 23.6 Å². The van der Waals surface area contributed by atoms with Crippen molar-refractivity contribution >= 4 is 45.9 Å². The summed E-state index contributed by atoms with van der Waals surface area (Å²) in [5.41, 5.74) is -0.233. The largest absolute Gasteiger partial charge is 0.346 e. The van der Waals surface area contributed by atoms with Crippen molar-refractivity contribution in [3.8, 4) is 0 Å². The van der Waals surface area contributed by atoms with E-state index in [0.717, 1.165) is 16.2 Å². The van der Waals surface area contributed by atoms with Crippen LogP contribution in [0.2, 0.25) is 4.34 Å². The van der Waals surface area contributed by atoms with Crippen LogP contribution in [-0.4, -0.2) is 10.8 Å². The number of nitrogens with one attached hydrogen (secondary N) is 1. The Labute approximate surface area is 115 Å². The highest BCUT2D eigenvalue weighted by atomic mass is 35.5. The van der Waals surface area contributed by atoms with E-state index >= 15 is 0 Å². The molecule has 1 N–H and O–H groups in total. The van der Waals surface area contributed by atoms with E-state index in [2.05, 4.69) is 5.32 Å². The van der Waals surface area contributed by atoms with Crippen LogP contribution in [0.3, 0.4) is 0 Å². The summed E-state index contributed by atoms with van der Waals surface area (Å²) in [6, 6.07) is 4.98. The summed E-state index contributed by atoms with van der Waals surface area (Å²) in [6.45, 7) is 0.403. The molecule has 1 amide bonds. The van der Waals surface area contributed by atoms with Gasteiger partial charge in [0.25, 0.3) is 11.6 Å². The van der Waals surface area contributed by atoms with E-state index in [1.807, 2.05) is 17.5 Å². The lowest BCUT2D eigenvalue weighted by Crippen LogP contribution is -2.21. The fourth-order valence-electron chi connectivity index (χ4n) is 1.26. The molecule has 2 rings (SSSR count). The van der Waals surface area contributed by atoms with Crippen LogP contribution in [0.25, 0.3) is 0 Å². The lowest BCUT2D eigenvalue weighted by atomic mass is 10.4. The molecule has 2 aromatic heterocycles. The highest BCUT2D eigenvalue weighted by Gasteiger charge is 2.20. The standard InChI is InChI=1S/C10H7ClN2O3S2/c11-9-7(13(15)16)4-8(18-9)10(14)12-5-6-2-1-3-17-6/h1-4H,5H2,(H,12,14). The highest BCUT2D eigenvalue weighted by Crippen LogP contribution is 2.33. The van der Waals surface area contributed by atoms with Gasteiger partial charge in [-0.05, 0) is 11.4 Å². The lowest BCUT2D eigenvalue weighted by Gasteiger charge is -1.99. The number of nitro groups is 1. The predicted octanol–water partition coefficient (Wildman–Crippen LogP) is 3.30. The van der Waals surface area contributed by atoms with E-state index < -0.39 is 4.92 Å². The first-order chi connectivity index (χ1) is 8.58. The van der Waals surface area contributed by atoms with E-state index in [-0.39, 0.29) is 20.8 Å². The zero-order chi connectivity index (χ0) is 13.1. The Morgan fingerprint density at radius 3 is 2.89 bits per heavy atom.